The van der Waals surface area contributed by atoms with Crippen molar-refractivity contribution in [3.05, 3.63) is 48.4 Å². The Balaban J connectivity index is 1.46. The predicted octanol–water partition coefficient (Wildman–Crippen LogP) is 5.34. The van der Waals surface area contributed by atoms with Crippen molar-refractivity contribution in [1.29, 1.82) is 0 Å². The lowest BCUT2D eigenvalue weighted by Gasteiger charge is -2.46. The first kappa shape index (κ1) is 44.0. The lowest BCUT2D eigenvalue weighted by molar-refractivity contribution is -0.294. The number of aliphatic hydroxyl groups excluding tert-OH is 1. The number of carbonyl (C=O) groups is 3. The second-order valence-corrected chi connectivity index (χ2v) is 17.8. The van der Waals surface area contributed by atoms with E-state index in [1.807, 2.05) is 89.6 Å². The summed E-state index contributed by atoms with van der Waals surface area (Å²) in [5.74, 6) is -2.77. The number of thioether (sulfide) groups is 1. The predicted molar refractivity (Wildman–Crippen MR) is 213 cm³/mol. The number of hydrogen-bond acceptors (Lipinski definition) is 13. The summed E-state index contributed by atoms with van der Waals surface area (Å²) in [5.41, 5.74) is -0.285. The molecule has 3 aliphatic rings. The van der Waals surface area contributed by atoms with Crippen LogP contribution >= 0.6 is 11.8 Å². The molecule has 5 heterocycles. The number of hydrogen-bond donors (Lipinski definition) is 1. The van der Waals surface area contributed by atoms with Crippen LogP contribution in [0.25, 0.3) is 11.3 Å². The van der Waals surface area contributed by atoms with Gasteiger partial charge in [-0.05, 0) is 79.3 Å². The van der Waals surface area contributed by atoms with Crippen molar-refractivity contribution in [2.75, 3.05) is 27.0 Å². The number of aryl methyl sites for hydroxylation is 1. The van der Waals surface area contributed by atoms with Gasteiger partial charge in [-0.15, -0.1) is 11.8 Å². The Morgan fingerprint density at radius 2 is 1.86 bits per heavy atom. The molecule has 56 heavy (non-hydrogen) atoms. The van der Waals surface area contributed by atoms with Crippen molar-refractivity contribution in [2.24, 2.45) is 23.7 Å². The molecular formula is C42H62N4O9S. The SMILES string of the molecule is CC[C@H]1OC(=O)/C(C)=C\[C@H](C)[C@@H](O[C@@H]2O[C@H](C)C[C@H](N(C)C)[C@H]2O)[C@](C)(OC)C[C@@H](C)C(=O)[C@H](C)[C@@H]2C(SCCn3ccc(-c4cccnc4)n3)C(=O)O[C@]12C. The minimum absolute atomic E-state index is 0.0619. The first-order chi connectivity index (χ1) is 26.4. The monoisotopic (exact) mass is 798 g/mol. The number of esters is 2. The van der Waals surface area contributed by atoms with Crippen LogP contribution in [0.3, 0.4) is 0 Å². The number of cyclic esters (lactones) is 1. The zero-order chi connectivity index (χ0) is 41.1. The van der Waals surface area contributed by atoms with Gasteiger partial charge in [-0.25, -0.2) is 4.79 Å². The van der Waals surface area contributed by atoms with Crippen LogP contribution in [0.5, 0.6) is 0 Å². The molecule has 2 fully saturated rings. The highest BCUT2D eigenvalue weighted by Crippen LogP contribution is 2.49. The summed E-state index contributed by atoms with van der Waals surface area (Å²) in [6, 6.07) is 5.53. The molecule has 3 aliphatic heterocycles. The highest BCUT2D eigenvalue weighted by molar-refractivity contribution is 8.00. The number of aliphatic hydroxyl groups is 1. The summed E-state index contributed by atoms with van der Waals surface area (Å²) in [6.45, 7) is 15.4. The van der Waals surface area contributed by atoms with Crippen molar-refractivity contribution in [3.63, 3.8) is 0 Å². The van der Waals surface area contributed by atoms with Gasteiger partial charge in [0.05, 0.1) is 23.5 Å². The third kappa shape index (κ3) is 9.26. The standard InChI is InChI=1S/C42H62N4O9S/c1-12-32-42(8)33(36(39(50)55-42)56-19-18-46-17-15-30(44-46)29-14-13-16-43-23-29)28(6)34(47)26(4)22-41(7,51-11)37(24(2)20-25(3)38(49)53-32)54-40-35(48)31(45(9)10)21-27(5)52-40/h13-17,20,23-24,26-28,31-33,35-37,40,48H,12,18-19,21-22H2,1-11H3/b25-20-/t24-,26+,27+,28+,31-,32+,33+,35+,36?,37+,40-,41+,42+/m0/s1. The lowest BCUT2D eigenvalue weighted by atomic mass is 9.70. The summed E-state index contributed by atoms with van der Waals surface area (Å²) < 4.78 is 33.5. The molecule has 13 nitrogen and oxygen atoms in total. The first-order valence-electron chi connectivity index (χ1n) is 19.9. The van der Waals surface area contributed by atoms with E-state index in [0.717, 1.165) is 11.3 Å². The fourth-order valence-electron chi connectivity index (χ4n) is 9.08. The number of nitrogens with zero attached hydrogens (tertiary/aromatic N) is 4. The van der Waals surface area contributed by atoms with E-state index < -0.39 is 76.7 Å². The largest absolute Gasteiger partial charge is 0.455 e. The Morgan fingerprint density at radius 1 is 1.12 bits per heavy atom. The number of methoxy groups -OCH3 is 1. The van der Waals surface area contributed by atoms with E-state index in [9.17, 15) is 19.5 Å². The third-order valence-corrected chi connectivity index (χ3v) is 13.4. The minimum Gasteiger partial charge on any atom is -0.455 e. The summed E-state index contributed by atoms with van der Waals surface area (Å²) in [4.78, 5) is 48.7. The van der Waals surface area contributed by atoms with Gasteiger partial charge in [0.2, 0.25) is 0 Å². The highest BCUT2D eigenvalue weighted by Gasteiger charge is 2.61. The molecule has 310 valence electrons. The third-order valence-electron chi connectivity index (χ3n) is 12.1. The van der Waals surface area contributed by atoms with Crippen LogP contribution in [-0.2, 0) is 44.6 Å². The van der Waals surface area contributed by atoms with E-state index >= 15 is 0 Å². The van der Waals surface area contributed by atoms with Crippen molar-refractivity contribution < 1.29 is 43.2 Å². The zero-order valence-corrected chi connectivity index (χ0v) is 35.7. The zero-order valence-electron chi connectivity index (χ0n) is 34.8. The molecule has 0 radical (unpaired) electrons. The van der Waals surface area contributed by atoms with Crippen LogP contribution in [-0.4, -0.2) is 123 Å². The number of carbonyl (C=O) groups excluding carboxylic acids is 3. The first-order valence-corrected chi connectivity index (χ1v) is 20.9. The maximum atomic E-state index is 14.7. The van der Waals surface area contributed by atoms with Crippen LogP contribution in [0, 0.1) is 23.7 Å². The van der Waals surface area contributed by atoms with E-state index in [1.54, 1.807) is 39.4 Å². The molecule has 0 amide bonds. The topological polar surface area (TPSA) is 152 Å². The molecule has 0 aliphatic carbocycles. The average molecular weight is 799 g/mol. The molecule has 0 saturated carbocycles. The van der Waals surface area contributed by atoms with Crippen molar-refractivity contribution in [2.45, 2.75) is 134 Å². The van der Waals surface area contributed by atoms with Crippen molar-refractivity contribution in [1.82, 2.24) is 19.7 Å². The van der Waals surface area contributed by atoms with E-state index in [0.29, 0.717) is 30.7 Å². The molecule has 0 spiro atoms. The van der Waals surface area contributed by atoms with Crippen molar-refractivity contribution in [3.8, 4) is 11.3 Å². The Kier molecular flexibility index (Phi) is 14.3. The Labute approximate surface area is 336 Å². The number of ether oxygens (including phenoxy) is 5. The van der Waals surface area contributed by atoms with Gasteiger partial charge < -0.3 is 33.7 Å². The molecule has 2 aromatic heterocycles. The normalized spacial score (nSPS) is 38.3. The smallest absolute Gasteiger partial charge is 0.333 e. The maximum Gasteiger partial charge on any atom is 0.333 e. The molecule has 2 saturated heterocycles. The van der Waals surface area contributed by atoms with E-state index in [2.05, 4.69) is 4.98 Å². The van der Waals surface area contributed by atoms with Gasteiger partial charge in [0.1, 0.15) is 23.2 Å². The minimum atomic E-state index is -1.27. The number of Topliss-reactive ketones (excluding diaryl/α,β-unsaturated/α-hetero) is 1. The van der Waals surface area contributed by atoms with Gasteiger partial charge >= 0.3 is 11.9 Å². The van der Waals surface area contributed by atoms with Crippen molar-refractivity contribution >= 4 is 29.5 Å². The van der Waals surface area contributed by atoms with Gasteiger partial charge in [0.25, 0.3) is 0 Å². The molecule has 0 aromatic carbocycles. The molecule has 0 bridgehead atoms. The molecule has 13 atom stereocenters. The fraction of sp³-hybridized carbons (Fsp3) is 0.690. The second-order valence-electron chi connectivity index (χ2n) is 16.6. The number of ketones is 1. The van der Waals surface area contributed by atoms with Gasteiger partial charge in [-0.2, -0.15) is 5.10 Å². The fourth-order valence-corrected chi connectivity index (χ4v) is 10.5. The van der Waals surface area contributed by atoms with E-state index in [4.69, 9.17) is 28.8 Å². The van der Waals surface area contributed by atoms with Gasteiger partial charge in [0, 0.05) is 78.8 Å². The lowest BCUT2D eigenvalue weighted by Crippen LogP contribution is -2.58. The number of rotatable bonds is 10. The molecule has 14 heteroatoms. The summed E-state index contributed by atoms with van der Waals surface area (Å²) in [5, 5.41) is 15.4. The summed E-state index contributed by atoms with van der Waals surface area (Å²) >= 11 is 1.43. The van der Waals surface area contributed by atoms with Crippen LogP contribution in [0.2, 0.25) is 0 Å². The number of fused-ring (bicyclic) bond motifs is 1. The second kappa shape index (κ2) is 18.2. The molecule has 1 unspecified atom stereocenters. The maximum absolute atomic E-state index is 14.7. The van der Waals surface area contributed by atoms with Crippen LogP contribution < -0.4 is 0 Å². The van der Waals surface area contributed by atoms with Gasteiger partial charge in [0.15, 0.2) is 11.9 Å². The Bertz CT molecular complexity index is 1710. The number of aromatic nitrogens is 3. The van der Waals surface area contributed by atoms with E-state index in [1.165, 1.54) is 11.8 Å². The van der Waals surface area contributed by atoms with E-state index in [-0.39, 0.29) is 24.3 Å². The summed E-state index contributed by atoms with van der Waals surface area (Å²) in [7, 11) is 5.41. The van der Waals surface area contributed by atoms with Crippen LogP contribution in [0.4, 0.5) is 0 Å². The quantitative estimate of drug-likeness (QED) is 0.308. The number of likely N-dealkylation sites (N-methyl/N-ethyl adjacent to an activating group) is 1. The van der Waals surface area contributed by atoms with Crippen LogP contribution in [0.15, 0.2) is 48.4 Å². The van der Waals surface area contributed by atoms with Gasteiger partial charge in [-0.3, -0.25) is 19.3 Å². The molecule has 5 rings (SSSR count). The number of pyridine rings is 1. The summed E-state index contributed by atoms with van der Waals surface area (Å²) in [6.07, 6.45) is 4.73. The molecule has 1 N–H and O–H groups in total. The highest BCUT2D eigenvalue weighted by atomic mass is 32.2. The average Bonchev–Trinajstić information content (AvgIpc) is 3.74. The molecular weight excluding hydrogens is 737 g/mol. The van der Waals surface area contributed by atoms with Crippen LogP contribution in [0.1, 0.15) is 74.7 Å². The molecule has 2 aromatic rings. The van der Waals surface area contributed by atoms with Gasteiger partial charge in [-0.1, -0.05) is 33.8 Å². The Morgan fingerprint density at radius 3 is 2.50 bits per heavy atom. The Hall–Kier alpha value is -3.14.